The Labute approximate surface area is 127 Å². The molecule has 2 rings (SSSR count). The van der Waals surface area contributed by atoms with Crippen LogP contribution in [0.25, 0.3) is 0 Å². The molecule has 2 aromatic rings. The molecule has 0 bridgehead atoms. The van der Waals surface area contributed by atoms with E-state index in [1.807, 2.05) is 32.0 Å². The Hall–Kier alpha value is -1.81. The highest BCUT2D eigenvalue weighted by Gasteiger charge is 2.09. The summed E-state index contributed by atoms with van der Waals surface area (Å²) in [6, 6.07) is 12.2. The Morgan fingerprint density at radius 3 is 2.38 bits per heavy atom. The number of anilines is 1. The Morgan fingerprint density at radius 1 is 1.10 bits per heavy atom. The quantitative estimate of drug-likeness (QED) is 0.795. The maximum absolute atomic E-state index is 12.1. The molecule has 0 heterocycles. The van der Waals surface area contributed by atoms with E-state index in [0.717, 1.165) is 16.8 Å². The average molecular weight is 312 g/mol. The lowest BCUT2D eigenvalue weighted by Gasteiger charge is -2.18. The topological polar surface area (TPSA) is 21.3 Å². The van der Waals surface area contributed by atoms with Gasteiger partial charge in [0.05, 0.1) is 0 Å². The number of hydrogen-bond donors (Lipinski definition) is 1. The van der Waals surface area contributed by atoms with E-state index < -0.39 is 6.61 Å². The summed E-state index contributed by atoms with van der Waals surface area (Å²) in [5, 5.41) is 4.02. The van der Waals surface area contributed by atoms with Crippen LogP contribution in [-0.2, 0) is 0 Å². The van der Waals surface area contributed by atoms with Gasteiger partial charge in [0.15, 0.2) is 0 Å². The third kappa shape index (κ3) is 4.33. The molecule has 112 valence electrons. The van der Waals surface area contributed by atoms with Crippen LogP contribution >= 0.6 is 11.6 Å². The molecule has 0 saturated carbocycles. The van der Waals surface area contributed by atoms with Gasteiger partial charge >= 0.3 is 6.61 Å². The van der Waals surface area contributed by atoms with Crippen molar-refractivity contribution in [2.75, 3.05) is 5.32 Å². The van der Waals surface area contributed by atoms with Gasteiger partial charge in [-0.25, -0.2) is 0 Å². The second kappa shape index (κ2) is 6.76. The second-order valence-electron chi connectivity index (χ2n) is 4.77. The zero-order chi connectivity index (χ0) is 15.4. The molecular formula is C16H16ClF2NO. The van der Waals surface area contributed by atoms with Crippen LogP contribution in [0.2, 0.25) is 5.02 Å². The van der Waals surface area contributed by atoms with Gasteiger partial charge in [-0.05, 0) is 49.2 Å². The summed E-state index contributed by atoms with van der Waals surface area (Å²) in [6.07, 6.45) is 0. The van der Waals surface area contributed by atoms with Gasteiger partial charge in [0, 0.05) is 16.8 Å². The fourth-order valence-corrected chi connectivity index (χ4v) is 2.18. The molecule has 0 amide bonds. The molecule has 0 spiro atoms. The molecule has 0 aliphatic rings. The molecule has 2 nitrogen and oxygen atoms in total. The highest BCUT2D eigenvalue weighted by atomic mass is 35.5. The summed E-state index contributed by atoms with van der Waals surface area (Å²) in [4.78, 5) is 0. The van der Waals surface area contributed by atoms with Crippen molar-refractivity contribution in [3.05, 3.63) is 58.6 Å². The molecule has 0 radical (unpaired) electrons. The Bertz CT molecular complexity index is 602. The first-order valence-electron chi connectivity index (χ1n) is 6.53. The van der Waals surface area contributed by atoms with Crippen molar-refractivity contribution < 1.29 is 13.5 Å². The number of ether oxygens (including phenoxy) is 1. The summed E-state index contributed by atoms with van der Waals surface area (Å²) >= 11 is 5.99. The van der Waals surface area contributed by atoms with E-state index in [1.165, 1.54) is 12.1 Å². The number of nitrogens with one attached hydrogen (secondary N) is 1. The largest absolute Gasteiger partial charge is 0.435 e. The maximum atomic E-state index is 12.1. The van der Waals surface area contributed by atoms with Crippen molar-refractivity contribution in [3.63, 3.8) is 0 Å². The molecule has 0 aliphatic carbocycles. The smallest absolute Gasteiger partial charge is 0.387 e. The molecule has 1 atom stereocenters. The van der Waals surface area contributed by atoms with Gasteiger partial charge in [0.1, 0.15) is 5.75 Å². The summed E-state index contributed by atoms with van der Waals surface area (Å²) < 4.78 is 28.5. The van der Waals surface area contributed by atoms with Crippen LogP contribution in [0.15, 0.2) is 42.5 Å². The first-order chi connectivity index (χ1) is 9.95. The Balaban J connectivity index is 2.09. The van der Waals surface area contributed by atoms with E-state index in [1.54, 1.807) is 12.1 Å². The van der Waals surface area contributed by atoms with Gasteiger partial charge in [0.25, 0.3) is 0 Å². The molecule has 5 heteroatoms. The monoisotopic (exact) mass is 311 g/mol. The normalized spacial score (nSPS) is 12.3. The van der Waals surface area contributed by atoms with Crippen molar-refractivity contribution in [1.82, 2.24) is 0 Å². The van der Waals surface area contributed by atoms with Crippen molar-refractivity contribution >= 4 is 17.3 Å². The van der Waals surface area contributed by atoms with Gasteiger partial charge in [-0.3, -0.25) is 0 Å². The molecule has 21 heavy (non-hydrogen) atoms. The van der Waals surface area contributed by atoms with Crippen LogP contribution in [0.1, 0.15) is 24.1 Å². The van der Waals surface area contributed by atoms with Gasteiger partial charge in [0.2, 0.25) is 0 Å². The molecule has 0 fully saturated rings. The fourth-order valence-electron chi connectivity index (χ4n) is 2.00. The maximum Gasteiger partial charge on any atom is 0.387 e. The lowest BCUT2D eigenvalue weighted by atomic mass is 10.1. The number of halogens is 3. The van der Waals surface area contributed by atoms with Crippen molar-refractivity contribution in [2.24, 2.45) is 0 Å². The number of benzene rings is 2. The van der Waals surface area contributed by atoms with E-state index in [-0.39, 0.29) is 11.8 Å². The van der Waals surface area contributed by atoms with E-state index in [9.17, 15) is 8.78 Å². The first kappa shape index (κ1) is 15.6. The van der Waals surface area contributed by atoms with Gasteiger partial charge in [-0.1, -0.05) is 29.8 Å². The van der Waals surface area contributed by atoms with Crippen LogP contribution in [0.5, 0.6) is 5.75 Å². The fraction of sp³-hybridized carbons (Fsp3) is 0.250. The lowest BCUT2D eigenvalue weighted by Crippen LogP contribution is -2.08. The van der Waals surface area contributed by atoms with Crippen LogP contribution in [0.4, 0.5) is 14.5 Å². The third-order valence-electron chi connectivity index (χ3n) is 3.18. The predicted octanol–water partition coefficient (Wildman–Crippen LogP) is 5.42. The number of rotatable bonds is 5. The molecule has 1 N–H and O–H groups in total. The summed E-state index contributed by atoms with van der Waals surface area (Å²) in [5.41, 5.74) is 3.00. The number of alkyl halides is 2. The highest BCUT2D eigenvalue weighted by Crippen LogP contribution is 2.26. The van der Waals surface area contributed by atoms with Crippen molar-refractivity contribution in [3.8, 4) is 5.75 Å². The van der Waals surface area contributed by atoms with E-state index >= 15 is 0 Å². The standard InChI is InChI=1S/C16H16ClF2NO/c1-10-3-6-13(17)9-15(10)20-11(2)12-4-7-14(8-5-12)21-16(18)19/h3-9,11,16,20H,1-2H3. The summed E-state index contributed by atoms with van der Waals surface area (Å²) in [7, 11) is 0. The number of hydrogen-bond acceptors (Lipinski definition) is 2. The first-order valence-corrected chi connectivity index (χ1v) is 6.91. The van der Waals surface area contributed by atoms with Gasteiger partial charge < -0.3 is 10.1 Å². The SMILES string of the molecule is Cc1ccc(Cl)cc1NC(C)c1ccc(OC(F)F)cc1. The minimum Gasteiger partial charge on any atom is -0.435 e. The van der Waals surface area contributed by atoms with E-state index in [4.69, 9.17) is 11.6 Å². The van der Waals surface area contributed by atoms with Crippen molar-refractivity contribution in [2.45, 2.75) is 26.5 Å². The zero-order valence-corrected chi connectivity index (χ0v) is 12.5. The summed E-state index contributed by atoms with van der Waals surface area (Å²) in [5.74, 6) is 0.153. The highest BCUT2D eigenvalue weighted by molar-refractivity contribution is 6.30. The third-order valence-corrected chi connectivity index (χ3v) is 3.41. The zero-order valence-electron chi connectivity index (χ0n) is 11.7. The minimum atomic E-state index is -2.81. The van der Waals surface area contributed by atoms with E-state index in [0.29, 0.717) is 5.02 Å². The van der Waals surface area contributed by atoms with E-state index in [2.05, 4.69) is 10.1 Å². The minimum absolute atomic E-state index is 0.0165. The molecule has 2 aromatic carbocycles. The average Bonchev–Trinajstić information content (AvgIpc) is 2.43. The van der Waals surface area contributed by atoms with Crippen LogP contribution in [0, 0.1) is 6.92 Å². The number of aryl methyl sites for hydroxylation is 1. The Kier molecular flexibility index (Phi) is 5.02. The molecule has 0 saturated heterocycles. The van der Waals surface area contributed by atoms with Crippen LogP contribution in [-0.4, -0.2) is 6.61 Å². The van der Waals surface area contributed by atoms with Gasteiger partial charge in [-0.15, -0.1) is 0 Å². The molecule has 1 unspecified atom stereocenters. The van der Waals surface area contributed by atoms with Crippen LogP contribution < -0.4 is 10.1 Å². The Morgan fingerprint density at radius 2 is 1.76 bits per heavy atom. The molecule has 0 aliphatic heterocycles. The lowest BCUT2D eigenvalue weighted by molar-refractivity contribution is -0.0498. The molecule has 0 aromatic heterocycles. The van der Waals surface area contributed by atoms with Gasteiger partial charge in [-0.2, -0.15) is 8.78 Å². The molecular weight excluding hydrogens is 296 g/mol. The summed E-state index contributed by atoms with van der Waals surface area (Å²) in [6.45, 7) is 1.18. The van der Waals surface area contributed by atoms with Crippen LogP contribution in [0.3, 0.4) is 0 Å². The second-order valence-corrected chi connectivity index (χ2v) is 5.21. The predicted molar refractivity (Wildman–Crippen MR) is 81.3 cm³/mol. The van der Waals surface area contributed by atoms with Crippen molar-refractivity contribution in [1.29, 1.82) is 0 Å².